The van der Waals surface area contributed by atoms with E-state index in [1.54, 1.807) is 17.9 Å². The first-order valence-corrected chi connectivity index (χ1v) is 8.02. The molecule has 7 nitrogen and oxygen atoms in total. The zero-order valence-electron chi connectivity index (χ0n) is 14.4. The van der Waals surface area contributed by atoms with Crippen molar-refractivity contribution in [2.75, 3.05) is 20.2 Å². The lowest BCUT2D eigenvalue weighted by molar-refractivity contribution is -0.384. The van der Waals surface area contributed by atoms with Gasteiger partial charge in [0.25, 0.3) is 11.6 Å². The standard InChI is InChI=1S/C17H24N2O5/c1-4-5-6-10-18(12-13(2)17(21)24-3)16(20)14-8-7-9-15(11-14)19(22)23/h7-9,11,13H,4-6,10,12H2,1-3H3. The van der Waals surface area contributed by atoms with Crippen LogP contribution in [0.2, 0.25) is 0 Å². The zero-order valence-corrected chi connectivity index (χ0v) is 14.4. The SMILES string of the molecule is CCCCCN(CC(C)C(=O)OC)C(=O)c1cccc([N+](=O)[O-])c1. The van der Waals surface area contributed by atoms with Gasteiger partial charge in [0.2, 0.25) is 0 Å². The number of amides is 1. The van der Waals surface area contributed by atoms with Gasteiger partial charge in [-0.2, -0.15) is 0 Å². The number of nitrogens with zero attached hydrogens (tertiary/aromatic N) is 2. The Balaban J connectivity index is 2.95. The van der Waals surface area contributed by atoms with Gasteiger partial charge in [0.05, 0.1) is 18.0 Å². The van der Waals surface area contributed by atoms with Crippen molar-refractivity contribution in [1.29, 1.82) is 0 Å². The third-order valence-electron chi connectivity index (χ3n) is 3.72. The number of ether oxygens (including phenoxy) is 1. The summed E-state index contributed by atoms with van der Waals surface area (Å²) in [6, 6.07) is 5.64. The molecule has 0 spiro atoms. The number of nitro groups is 1. The molecule has 0 bridgehead atoms. The van der Waals surface area contributed by atoms with E-state index < -0.39 is 10.8 Å². The molecule has 7 heteroatoms. The molecule has 1 amide bonds. The quantitative estimate of drug-likeness (QED) is 0.299. The number of rotatable bonds is 9. The normalized spacial score (nSPS) is 11.6. The van der Waals surface area contributed by atoms with E-state index in [4.69, 9.17) is 4.74 Å². The Morgan fingerprint density at radius 3 is 2.62 bits per heavy atom. The van der Waals surface area contributed by atoms with Gasteiger partial charge >= 0.3 is 5.97 Å². The van der Waals surface area contributed by atoms with Crippen LogP contribution < -0.4 is 0 Å². The van der Waals surface area contributed by atoms with Crippen molar-refractivity contribution < 1.29 is 19.2 Å². The molecule has 1 aromatic rings. The smallest absolute Gasteiger partial charge is 0.310 e. The maximum atomic E-state index is 12.7. The third-order valence-corrected chi connectivity index (χ3v) is 3.72. The number of non-ortho nitro benzene ring substituents is 1. The van der Waals surface area contributed by atoms with E-state index >= 15 is 0 Å². The molecule has 1 atom stereocenters. The molecule has 0 aromatic heterocycles. The molecule has 0 saturated carbocycles. The first-order valence-electron chi connectivity index (χ1n) is 8.02. The van der Waals surface area contributed by atoms with Crippen molar-refractivity contribution in [2.24, 2.45) is 5.92 Å². The minimum absolute atomic E-state index is 0.129. The van der Waals surface area contributed by atoms with Gasteiger partial charge in [0.1, 0.15) is 0 Å². The number of unbranched alkanes of at least 4 members (excludes halogenated alkanes) is 2. The predicted molar refractivity (Wildman–Crippen MR) is 89.7 cm³/mol. The van der Waals surface area contributed by atoms with Crippen LogP contribution in [0.1, 0.15) is 43.5 Å². The van der Waals surface area contributed by atoms with Gasteiger partial charge in [-0.1, -0.05) is 32.8 Å². The molecule has 0 N–H and O–H groups in total. The second kappa shape index (κ2) is 9.64. The van der Waals surface area contributed by atoms with Crippen LogP contribution in [0.4, 0.5) is 5.69 Å². The zero-order chi connectivity index (χ0) is 18.1. The number of esters is 1. The number of nitro benzene ring substituents is 1. The van der Waals surface area contributed by atoms with Crippen LogP contribution in [0, 0.1) is 16.0 Å². The predicted octanol–water partition coefficient (Wildman–Crippen LogP) is 3.04. The molecule has 0 radical (unpaired) electrons. The Morgan fingerprint density at radius 1 is 1.33 bits per heavy atom. The number of methoxy groups -OCH3 is 1. The van der Waals surface area contributed by atoms with E-state index in [0.717, 1.165) is 19.3 Å². The fourth-order valence-corrected chi connectivity index (χ4v) is 2.37. The Morgan fingerprint density at radius 2 is 2.04 bits per heavy atom. The first kappa shape index (κ1) is 19.6. The lowest BCUT2D eigenvalue weighted by Crippen LogP contribution is -2.38. The summed E-state index contributed by atoms with van der Waals surface area (Å²) in [5, 5.41) is 10.9. The Hall–Kier alpha value is -2.44. The van der Waals surface area contributed by atoms with Crippen LogP contribution in [0.25, 0.3) is 0 Å². The molecule has 0 saturated heterocycles. The topological polar surface area (TPSA) is 89.8 Å². The Bertz CT molecular complexity index is 588. The van der Waals surface area contributed by atoms with Crippen LogP contribution in [0.5, 0.6) is 0 Å². The van der Waals surface area contributed by atoms with E-state index in [9.17, 15) is 19.7 Å². The molecule has 0 fully saturated rings. The van der Waals surface area contributed by atoms with Gasteiger partial charge in [0.15, 0.2) is 0 Å². The summed E-state index contributed by atoms with van der Waals surface area (Å²) < 4.78 is 4.71. The summed E-state index contributed by atoms with van der Waals surface area (Å²) in [4.78, 5) is 36.3. The number of hydrogen-bond acceptors (Lipinski definition) is 5. The lowest BCUT2D eigenvalue weighted by Gasteiger charge is -2.25. The van der Waals surface area contributed by atoms with Gasteiger partial charge in [0, 0.05) is 30.8 Å². The molecule has 1 rings (SSSR count). The van der Waals surface area contributed by atoms with E-state index in [1.807, 2.05) is 0 Å². The monoisotopic (exact) mass is 336 g/mol. The minimum Gasteiger partial charge on any atom is -0.469 e. The Labute approximate surface area is 141 Å². The molecule has 1 unspecified atom stereocenters. The van der Waals surface area contributed by atoms with Crippen molar-refractivity contribution >= 4 is 17.6 Å². The molecular formula is C17H24N2O5. The van der Waals surface area contributed by atoms with Crippen molar-refractivity contribution in [1.82, 2.24) is 4.90 Å². The minimum atomic E-state index is -0.532. The van der Waals surface area contributed by atoms with Crippen molar-refractivity contribution in [3.63, 3.8) is 0 Å². The first-order chi connectivity index (χ1) is 11.4. The number of benzene rings is 1. The van der Waals surface area contributed by atoms with Gasteiger partial charge < -0.3 is 9.64 Å². The fourth-order valence-electron chi connectivity index (χ4n) is 2.37. The molecule has 0 aliphatic carbocycles. The Kier molecular flexibility index (Phi) is 7.88. The van der Waals surface area contributed by atoms with Crippen LogP contribution in [-0.4, -0.2) is 41.9 Å². The highest BCUT2D eigenvalue weighted by molar-refractivity contribution is 5.95. The molecule has 24 heavy (non-hydrogen) atoms. The number of hydrogen-bond donors (Lipinski definition) is 0. The molecule has 132 valence electrons. The van der Waals surface area contributed by atoms with E-state index in [1.165, 1.54) is 25.3 Å². The maximum Gasteiger partial charge on any atom is 0.310 e. The van der Waals surface area contributed by atoms with Crippen LogP contribution >= 0.6 is 0 Å². The largest absolute Gasteiger partial charge is 0.469 e. The van der Waals surface area contributed by atoms with Gasteiger partial charge in [-0.15, -0.1) is 0 Å². The number of carbonyl (C=O) groups is 2. The summed E-state index contributed by atoms with van der Waals surface area (Å²) in [5.74, 6) is -1.16. The molecule has 0 heterocycles. The molecule has 0 aliphatic heterocycles. The molecule has 1 aromatic carbocycles. The lowest BCUT2D eigenvalue weighted by atomic mass is 10.1. The average Bonchev–Trinajstić information content (AvgIpc) is 2.59. The van der Waals surface area contributed by atoms with E-state index in [-0.39, 0.29) is 29.7 Å². The van der Waals surface area contributed by atoms with E-state index in [2.05, 4.69) is 6.92 Å². The van der Waals surface area contributed by atoms with Crippen LogP contribution in [0.3, 0.4) is 0 Å². The van der Waals surface area contributed by atoms with Crippen molar-refractivity contribution in [3.8, 4) is 0 Å². The maximum absolute atomic E-state index is 12.7. The summed E-state index contributed by atoms with van der Waals surface area (Å²) in [6.07, 6.45) is 2.78. The third kappa shape index (κ3) is 5.64. The molecular weight excluding hydrogens is 312 g/mol. The number of carbonyl (C=O) groups excluding carboxylic acids is 2. The highest BCUT2D eigenvalue weighted by Crippen LogP contribution is 2.16. The van der Waals surface area contributed by atoms with Gasteiger partial charge in [-0.25, -0.2) is 0 Å². The van der Waals surface area contributed by atoms with Crippen molar-refractivity contribution in [3.05, 3.63) is 39.9 Å². The van der Waals surface area contributed by atoms with Crippen molar-refractivity contribution in [2.45, 2.75) is 33.1 Å². The highest BCUT2D eigenvalue weighted by atomic mass is 16.6. The summed E-state index contributed by atoms with van der Waals surface area (Å²) in [6.45, 7) is 4.47. The average molecular weight is 336 g/mol. The summed E-state index contributed by atoms with van der Waals surface area (Å²) >= 11 is 0. The fraction of sp³-hybridized carbons (Fsp3) is 0.529. The molecule has 0 aliphatic rings. The van der Waals surface area contributed by atoms with Gasteiger partial charge in [-0.3, -0.25) is 19.7 Å². The summed E-state index contributed by atoms with van der Waals surface area (Å²) in [5.41, 5.74) is 0.119. The van der Waals surface area contributed by atoms with Crippen LogP contribution in [0.15, 0.2) is 24.3 Å². The van der Waals surface area contributed by atoms with E-state index in [0.29, 0.717) is 6.54 Å². The summed E-state index contributed by atoms with van der Waals surface area (Å²) in [7, 11) is 1.31. The highest BCUT2D eigenvalue weighted by Gasteiger charge is 2.23. The van der Waals surface area contributed by atoms with Gasteiger partial charge in [-0.05, 0) is 12.5 Å². The second-order valence-electron chi connectivity index (χ2n) is 5.69. The second-order valence-corrected chi connectivity index (χ2v) is 5.69. The van der Waals surface area contributed by atoms with Crippen LogP contribution in [-0.2, 0) is 9.53 Å².